The lowest BCUT2D eigenvalue weighted by Crippen LogP contribution is -2.36. The topological polar surface area (TPSA) is 64.3 Å². The molecule has 0 aliphatic heterocycles. The molecule has 1 atom stereocenters. The number of aryl methyl sites for hydroxylation is 1. The maximum Gasteiger partial charge on any atom is 0.241 e. The summed E-state index contributed by atoms with van der Waals surface area (Å²) in [7, 11) is 1.63. The van der Waals surface area contributed by atoms with Crippen molar-refractivity contribution >= 4 is 43.5 Å². The predicted molar refractivity (Wildman–Crippen MR) is 84.3 cm³/mol. The first-order valence-corrected chi connectivity index (χ1v) is 7.55. The zero-order valence-electron chi connectivity index (χ0n) is 11.0. The van der Waals surface area contributed by atoms with Crippen molar-refractivity contribution in [2.24, 2.45) is 5.73 Å². The summed E-state index contributed by atoms with van der Waals surface area (Å²) in [5.74, 6) is -0.193. The van der Waals surface area contributed by atoms with Gasteiger partial charge in [0.25, 0.3) is 0 Å². The number of ether oxygens (including phenoxy) is 1. The van der Waals surface area contributed by atoms with Gasteiger partial charge in [-0.3, -0.25) is 4.79 Å². The summed E-state index contributed by atoms with van der Waals surface area (Å²) in [6.45, 7) is 2.59. The van der Waals surface area contributed by atoms with Gasteiger partial charge in [0.05, 0.1) is 11.7 Å². The molecule has 4 nitrogen and oxygen atoms in total. The van der Waals surface area contributed by atoms with Crippen LogP contribution in [0, 0.1) is 6.92 Å². The van der Waals surface area contributed by atoms with Crippen molar-refractivity contribution in [1.29, 1.82) is 0 Å². The van der Waals surface area contributed by atoms with Crippen LogP contribution in [0.2, 0.25) is 0 Å². The van der Waals surface area contributed by atoms with Gasteiger partial charge in [-0.15, -0.1) is 0 Å². The average Bonchev–Trinajstić information content (AvgIpc) is 2.33. The SMILES string of the molecule is COCCCC(N)C(=O)Nc1c(Br)cc(C)cc1Br. The Morgan fingerprint density at radius 2 is 2.00 bits per heavy atom. The fourth-order valence-electron chi connectivity index (χ4n) is 1.61. The summed E-state index contributed by atoms with van der Waals surface area (Å²) in [6.07, 6.45) is 1.36. The second-order valence-corrected chi connectivity index (χ2v) is 6.04. The van der Waals surface area contributed by atoms with Crippen molar-refractivity contribution in [2.75, 3.05) is 19.0 Å². The van der Waals surface area contributed by atoms with Crippen LogP contribution in [0.1, 0.15) is 18.4 Å². The molecule has 3 N–H and O–H groups in total. The molecule has 0 saturated heterocycles. The molecule has 0 bridgehead atoms. The highest BCUT2D eigenvalue weighted by atomic mass is 79.9. The number of amides is 1. The molecule has 1 rings (SSSR count). The van der Waals surface area contributed by atoms with Crippen molar-refractivity contribution in [3.63, 3.8) is 0 Å². The van der Waals surface area contributed by atoms with E-state index in [1.54, 1.807) is 7.11 Å². The molecule has 0 heterocycles. The van der Waals surface area contributed by atoms with Crippen molar-refractivity contribution in [3.05, 3.63) is 26.6 Å². The lowest BCUT2D eigenvalue weighted by Gasteiger charge is -2.15. The molecular weight excluding hydrogens is 376 g/mol. The molecule has 1 aromatic rings. The van der Waals surface area contributed by atoms with Crippen LogP contribution >= 0.6 is 31.9 Å². The van der Waals surface area contributed by atoms with Gasteiger partial charge in [0.1, 0.15) is 0 Å². The van der Waals surface area contributed by atoms with E-state index < -0.39 is 6.04 Å². The first-order valence-electron chi connectivity index (χ1n) is 5.96. The third-order valence-electron chi connectivity index (χ3n) is 2.64. The monoisotopic (exact) mass is 392 g/mol. The Bertz CT molecular complexity index is 429. The minimum absolute atomic E-state index is 0.193. The number of hydrogen-bond acceptors (Lipinski definition) is 3. The Morgan fingerprint density at radius 1 is 1.42 bits per heavy atom. The predicted octanol–water partition coefficient (Wildman–Crippen LogP) is 3.21. The van der Waals surface area contributed by atoms with Crippen molar-refractivity contribution in [2.45, 2.75) is 25.8 Å². The molecule has 0 aliphatic rings. The number of carbonyl (C=O) groups excluding carboxylic acids is 1. The summed E-state index contributed by atoms with van der Waals surface area (Å²) in [5.41, 5.74) is 7.64. The summed E-state index contributed by atoms with van der Waals surface area (Å²) in [4.78, 5) is 12.0. The highest BCUT2D eigenvalue weighted by molar-refractivity contribution is 9.11. The van der Waals surface area contributed by atoms with Crippen LogP contribution < -0.4 is 11.1 Å². The molecule has 0 fully saturated rings. The standard InChI is InChI=1S/C13H18Br2N2O2/c1-8-6-9(14)12(10(15)7-8)17-13(18)11(16)4-3-5-19-2/h6-7,11H,3-5,16H2,1-2H3,(H,17,18). The molecule has 1 unspecified atom stereocenters. The number of carbonyl (C=O) groups is 1. The van der Waals surface area contributed by atoms with Gasteiger partial charge in [0.15, 0.2) is 0 Å². The van der Waals surface area contributed by atoms with E-state index in [0.29, 0.717) is 18.7 Å². The Labute approximate surface area is 130 Å². The van der Waals surface area contributed by atoms with E-state index in [9.17, 15) is 4.79 Å². The summed E-state index contributed by atoms with van der Waals surface area (Å²) >= 11 is 6.87. The van der Waals surface area contributed by atoms with E-state index in [1.807, 2.05) is 19.1 Å². The molecule has 0 radical (unpaired) electrons. The minimum Gasteiger partial charge on any atom is -0.385 e. The number of rotatable bonds is 6. The zero-order chi connectivity index (χ0) is 14.4. The Morgan fingerprint density at radius 3 is 2.53 bits per heavy atom. The third kappa shape index (κ3) is 5.22. The maximum absolute atomic E-state index is 12.0. The minimum atomic E-state index is -0.532. The van der Waals surface area contributed by atoms with Gasteiger partial charge in [0, 0.05) is 22.7 Å². The van der Waals surface area contributed by atoms with Crippen LogP contribution in [-0.2, 0) is 9.53 Å². The van der Waals surface area contributed by atoms with Crippen LogP contribution in [0.4, 0.5) is 5.69 Å². The second-order valence-electron chi connectivity index (χ2n) is 4.33. The molecule has 0 saturated carbocycles. The molecule has 6 heteroatoms. The lowest BCUT2D eigenvalue weighted by molar-refractivity contribution is -0.117. The molecule has 0 aromatic heterocycles. The fraction of sp³-hybridized carbons (Fsp3) is 0.462. The molecule has 19 heavy (non-hydrogen) atoms. The number of anilines is 1. The van der Waals surface area contributed by atoms with E-state index in [0.717, 1.165) is 20.9 Å². The van der Waals surface area contributed by atoms with E-state index in [4.69, 9.17) is 10.5 Å². The number of halogens is 2. The molecule has 0 aliphatic carbocycles. The second kappa shape index (κ2) is 7.99. The van der Waals surface area contributed by atoms with Crippen LogP contribution in [0.25, 0.3) is 0 Å². The van der Waals surface area contributed by atoms with Crippen LogP contribution in [0.15, 0.2) is 21.1 Å². The number of methoxy groups -OCH3 is 1. The molecule has 1 aromatic carbocycles. The normalized spacial score (nSPS) is 12.3. The molecular formula is C13H18Br2N2O2. The van der Waals surface area contributed by atoms with Gasteiger partial charge >= 0.3 is 0 Å². The number of nitrogens with two attached hydrogens (primary N) is 1. The molecule has 106 valence electrons. The largest absolute Gasteiger partial charge is 0.385 e. The first-order chi connectivity index (χ1) is 8.95. The van der Waals surface area contributed by atoms with Gasteiger partial charge in [-0.2, -0.15) is 0 Å². The summed E-state index contributed by atoms with van der Waals surface area (Å²) in [5, 5.41) is 2.83. The average molecular weight is 394 g/mol. The van der Waals surface area contributed by atoms with Gasteiger partial charge in [-0.1, -0.05) is 0 Å². The Balaban J connectivity index is 2.66. The Kier molecular flexibility index (Phi) is 6.99. The Hall–Kier alpha value is -0.430. The van der Waals surface area contributed by atoms with Crippen molar-refractivity contribution < 1.29 is 9.53 Å². The zero-order valence-corrected chi connectivity index (χ0v) is 14.2. The van der Waals surface area contributed by atoms with E-state index in [-0.39, 0.29) is 5.91 Å². The molecule has 1 amide bonds. The highest BCUT2D eigenvalue weighted by Gasteiger charge is 2.16. The molecule has 0 spiro atoms. The third-order valence-corrected chi connectivity index (χ3v) is 3.89. The van der Waals surface area contributed by atoms with E-state index in [2.05, 4.69) is 37.2 Å². The number of nitrogens with one attached hydrogen (secondary N) is 1. The van der Waals surface area contributed by atoms with Crippen molar-refractivity contribution in [1.82, 2.24) is 0 Å². The summed E-state index contributed by atoms with van der Waals surface area (Å²) < 4.78 is 6.60. The lowest BCUT2D eigenvalue weighted by atomic mass is 10.1. The first kappa shape index (κ1) is 16.6. The van der Waals surface area contributed by atoms with E-state index >= 15 is 0 Å². The van der Waals surface area contributed by atoms with E-state index in [1.165, 1.54) is 0 Å². The van der Waals surface area contributed by atoms with Gasteiger partial charge in [-0.25, -0.2) is 0 Å². The number of hydrogen-bond donors (Lipinski definition) is 2. The maximum atomic E-state index is 12.0. The quantitative estimate of drug-likeness (QED) is 0.729. The smallest absolute Gasteiger partial charge is 0.241 e. The number of benzene rings is 1. The highest BCUT2D eigenvalue weighted by Crippen LogP contribution is 2.32. The van der Waals surface area contributed by atoms with Crippen LogP contribution in [0.3, 0.4) is 0 Å². The van der Waals surface area contributed by atoms with Gasteiger partial charge < -0.3 is 15.8 Å². The van der Waals surface area contributed by atoms with Crippen LogP contribution in [0.5, 0.6) is 0 Å². The van der Waals surface area contributed by atoms with Gasteiger partial charge in [0.2, 0.25) is 5.91 Å². The fourth-order valence-corrected chi connectivity index (χ4v) is 3.23. The van der Waals surface area contributed by atoms with Crippen LogP contribution in [-0.4, -0.2) is 25.7 Å². The van der Waals surface area contributed by atoms with Crippen molar-refractivity contribution in [3.8, 4) is 0 Å². The van der Waals surface area contributed by atoms with Gasteiger partial charge in [-0.05, 0) is 69.3 Å². The summed E-state index contributed by atoms with van der Waals surface area (Å²) in [6, 6.07) is 3.35.